The van der Waals surface area contributed by atoms with Crippen molar-refractivity contribution in [2.75, 3.05) is 13.2 Å². The average molecular weight is 371 g/mol. The molecule has 22 heavy (non-hydrogen) atoms. The van der Waals surface area contributed by atoms with Gasteiger partial charge in [0.05, 0.1) is 0 Å². The van der Waals surface area contributed by atoms with Crippen LogP contribution < -0.4 is 15.6 Å². The molecule has 1 unspecified atom stereocenters. The molecule has 1 fully saturated rings. The van der Waals surface area contributed by atoms with Crippen LogP contribution in [0.25, 0.3) is 0 Å². The van der Waals surface area contributed by atoms with Crippen molar-refractivity contribution in [3.63, 3.8) is 0 Å². The Bertz CT molecular complexity index is 532. The lowest BCUT2D eigenvalue weighted by atomic mass is 10.00. The van der Waals surface area contributed by atoms with E-state index in [2.05, 4.69) is 26.8 Å². The van der Waals surface area contributed by atoms with Crippen LogP contribution in [0.5, 0.6) is 5.75 Å². The zero-order valence-electron chi connectivity index (χ0n) is 12.3. The monoisotopic (exact) mass is 370 g/mol. The summed E-state index contributed by atoms with van der Waals surface area (Å²) < 4.78 is 11.6. The summed E-state index contributed by atoms with van der Waals surface area (Å²) >= 11 is 3.34. The van der Waals surface area contributed by atoms with E-state index in [0.29, 0.717) is 31.8 Å². The molecule has 0 bridgehead atoms. The summed E-state index contributed by atoms with van der Waals surface area (Å²) in [6, 6.07) is 7.21. The molecule has 0 saturated carbocycles. The molecule has 1 aromatic carbocycles. The Labute approximate surface area is 137 Å². The van der Waals surface area contributed by atoms with E-state index in [4.69, 9.17) is 9.47 Å². The van der Waals surface area contributed by atoms with Crippen LogP contribution in [0.1, 0.15) is 19.8 Å². The van der Waals surface area contributed by atoms with E-state index >= 15 is 0 Å². The quantitative estimate of drug-likeness (QED) is 0.792. The second-order valence-corrected chi connectivity index (χ2v) is 6.00. The van der Waals surface area contributed by atoms with Gasteiger partial charge in [-0.15, -0.1) is 0 Å². The highest BCUT2D eigenvalue weighted by Gasteiger charge is 2.23. The zero-order chi connectivity index (χ0) is 15.9. The summed E-state index contributed by atoms with van der Waals surface area (Å²) in [4.78, 5) is 23.8. The van der Waals surface area contributed by atoms with Crippen LogP contribution in [-0.2, 0) is 14.3 Å². The summed E-state index contributed by atoms with van der Waals surface area (Å²) in [7, 11) is 0. The molecule has 1 atom stereocenters. The van der Waals surface area contributed by atoms with Crippen LogP contribution in [0.2, 0.25) is 0 Å². The van der Waals surface area contributed by atoms with Gasteiger partial charge in [-0.25, -0.2) is 0 Å². The number of rotatable bonds is 4. The fraction of sp³-hybridized carbons (Fsp3) is 0.467. The molecule has 0 radical (unpaired) electrons. The first-order chi connectivity index (χ1) is 10.6. The molecule has 0 aliphatic carbocycles. The largest absolute Gasteiger partial charge is 0.481 e. The first kappa shape index (κ1) is 16.8. The Hall–Kier alpha value is -1.60. The summed E-state index contributed by atoms with van der Waals surface area (Å²) in [5.74, 6) is -0.130. The van der Waals surface area contributed by atoms with Gasteiger partial charge in [-0.1, -0.05) is 22.0 Å². The molecule has 0 spiro atoms. The topological polar surface area (TPSA) is 76.7 Å². The lowest BCUT2D eigenvalue weighted by molar-refractivity contribution is -0.135. The third kappa shape index (κ3) is 4.99. The third-order valence-corrected chi connectivity index (χ3v) is 3.87. The molecule has 1 aliphatic heterocycles. The van der Waals surface area contributed by atoms with Crippen molar-refractivity contribution in [3.8, 4) is 5.75 Å². The van der Waals surface area contributed by atoms with Crippen LogP contribution in [0.4, 0.5) is 0 Å². The maximum absolute atomic E-state index is 11.9. The van der Waals surface area contributed by atoms with E-state index in [1.54, 1.807) is 19.1 Å². The van der Waals surface area contributed by atoms with E-state index < -0.39 is 12.0 Å². The molecule has 2 rings (SSSR count). The van der Waals surface area contributed by atoms with Gasteiger partial charge in [0.1, 0.15) is 5.75 Å². The van der Waals surface area contributed by atoms with Gasteiger partial charge in [0.2, 0.25) is 5.91 Å². The molecule has 6 nitrogen and oxygen atoms in total. The lowest BCUT2D eigenvalue weighted by Gasteiger charge is -2.22. The Morgan fingerprint density at radius 3 is 2.73 bits per heavy atom. The van der Waals surface area contributed by atoms with Gasteiger partial charge in [0, 0.05) is 23.6 Å². The number of hydrogen-bond donors (Lipinski definition) is 2. The summed E-state index contributed by atoms with van der Waals surface area (Å²) in [6.07, 6.45) is 0.627. The van der Waals surface area contributed by atoms with Gasteiger partial charge in [-0.05, 0) is 38.0 Å². The number of hydrogen-bond acceptors (Lipinski definition) is 4. The summed E-state index contributed by atoms with van der Waals surface area (Å²) in [6.45, 7) is 2.78. The molecule has 2 amide bonds. The van der Waals surface area contributed by atoms with E-state index in [0.717, 1.165) is 4.47 Å². The minimum Gasteiger partial charge on any atom is -0.481 e. The third-order valence-electron chi connectivity index (χ3n) is 3.38. The summed E-state index contributed by atoms with van der Waals surface area (Å²) in [5, 5.41) is 0. The Kier molecular flexibility index (Phi) is 6.21. The maximum Gasteiger partial charge on any atom is 0.279 e. The molecule has 120 valence electrons. The minimum absolute atomic E-state index is 0.115. The first-order valence-corrected chi connectivity index (χ1v) is 7.95. The van der Waals surface area contributed by atoms with Crippen LogP contribution in [0, 0.1) is 5.92 Å². The maximum atomic E-state index is 11.9. The number of carbonyl (C=O) groups is 2. The molecule has 7 heteroatoms. The average Bonchev–Trinajstić information content (AvgIpc) is 2.53. The number of halogens is 1. The number of nitrogens with one attached hydrogen (secondary N) is 2. The van der Waals surface area contributed by atoms with Crippen LogP contribution >= 0.6 is 15.9 Å². The van der Waals surface area contributed by atoms with Crippen LogP contribution in [0.3, 0.4) is 0 Å². The Balaban J connectivity index is 1.77. The standard InChI is InChI=1S/C15H19BrN2O4/c1-10(22-13-4-2-3-12(16)9-13)14(19)17-18-15(20)11-5-7-21-8-6-11/h2-4,9-11H,5-8H2,1H3,(H,17,19)(H,18,20). The highest BCUT2D eigenvalue weighted by Crippen LogP contribution is 2.19. The molecule has 0 aromatic heterocycles. The molecule has 1 saturated heterocycles. The molecular weight excluding hydrogens is 352 g/mol. The van der Waals surface area contributed by atoms with Crippen molar-refractivity contribution in [3.05, 3.63) is 28.7 Å². The molecular formula is C15H19BrN2O4. The second kappa shape index (κ2) is 8.14. The fourth-order valence-corrected chi connectivity index (χ4v) is 2.46. The van der Waals surface area contributed by atoms with Gasteiger partial charge in [0.15, 0.2) is 6.10 Å². The van der Waals surface area contributed by atoms with Gasteiger partial charge in [0.25, 0.3) is 5.91 Å². The molecule has 1 aliphatic rings. The lowest BCUT2D eigenvalue weighted by Crippen LogP contribution is -2.49. The van der Waals surface area contributed by atoms with Crippen molar-refractivity contribution < 1.29 is 19.1 Å². The molecule has 1 aromatic rings. The van der Waals surface area contributed by atoms with E-state index in [1.165, 1.54) is 0 Å². The van der Waals surface area contributed by atoms with Crippen molar-refractivity contribution in [2.45, 2.75) is 25.9 Å². The van der Waals surface area contributed by atoms with Crippen molar-refractivity contribution in [2.24, 2.45) is 5.92 Å². The normalized spacial score (nSPS) is 16.6. The molecule has 2 N–H and O–H groups in total. The van der Waals surface area contributed by atoms with E-state index in [-0.39, 0.29) is 11.8 Å². The first-order valence-electron chi connectivity index (χ1n) is 7.16. The SMILES string of the molecule is CC(Oc1cccc(Br)c1)C(=O)NNC(=O)C1CCOCC1. The fourth-order valence-electron chi connectivity index (χ4n) is 2.08. The van der Waals surface area contributed by atoms with Gasteiger partial charge in [-0.2, -0.15) is 0 Å². The van der Waals surface area contributed by atoms with Gasteiger partial charge < -0.3 is 9.47 Å². The Morgan fingerprint density at radius 1 is 1.32 bits per heavy atom. The number of ether oxygens (including phenoxy) is 2. The Morgan fingerprint density at radius 2 is 2.05 bits per heavy atom. The van der Waals surface area contributed by atoms with Crippen molar-refractivity contribution in [1.82, 2.24) is 10.9 Å². The second-order valence-electron chi connectivity index (χ2n) is 5.08. The highest BCUT2D eigenvalue weighted by atomic mass is 79.9. The highest BCUT2D eigenvalue weighted by molar-refractivity contribution is 9.10. The predicted octanol–water partition coefficient (Wildman–Crippen LogP) is 1.79. The van der Waals surface area contributed by atoms with Gasteiger partial charge in [-0.3, -0.25) is 20.4 Å². The number of amides is 2. The van der Waals surface area contributed by atoms with Crippen molar-refractivity contribution in [1.29, 1.82) is 0 Å². The molecule has 1 heterocycles. The summed E-state index contributed by atoms with van der Waals surface area (Å²) in [5.41, 5.74) is 4.85. The van der Waals surface area contributed by atoms with Crippen LogP contribution in [-0.4, -0.2) is 31.1 Å². The van der Waals surface area contributed by atoms with Crippen LogP contribution in [0.15, 0.2) is 28.7 Å². The van der Waals surface area contributed by atoms with Gasteiger partial charge >= 0.3 is 0 Å². The van der Waals surface area contributed by atoms with E-state index in [1.807, 2.05) is 12.1 Å². The smallest absolute Gasteiger partial charge is 0.279 e. The number of hydrazine groups is 1. The minimum atomic E-state index is -0.718. The van der Waals surface area contributed by atoms with Crippen molar-refractivity contribution >= 4 is 27.7 Å². The predicted molar refractivity (Wildman–Crippen MR) is 84.1 cm³/mol. The number of carbonyl (C=O) groups excluding carboxylic acids is 2. The number of benzene rings is 1. The zero-order valence-corrected chi connectivity index (χ0v) is 13.9. The van der Waals surface area contributed by atoms with E-state index in [9.17, 15) is 9.59 Å².